The van der Waals surface area contributed by atoms with Gasteiger partial charge in [-0.25, -0.2) is 0 Å². The summed E-state index contributed by atoms with van der Waals surface area (Å²) < 4.78 is 0. The first-order valence-corrected chi connectivity index (χ1v) is 5.79. The first-order chi connectivity index (χ1) is 8.06. The molecule has 92 valence electrons. The fourth-order valence-electron chi connectivity index (χ4n) is 2.07. The maximum atomic E-state index is 12.0. The van der Waals surface area contributed by atoms with Gasteiger partial charge in [0.2, 0.25) is 0 Å². The number of phenolic OH excluding ortho intramolecular Hbond substituents is 1. The van der Waals surface area contributed by atoms with Crippen LogP contribution in [-0.2, 0) is 0 Å². The number of aromatic hydroxyl groups is 1. The monoisotopic (exact) mass is 235 g/mol. The Balaban J connectivity index is 2.14. The van der Waals surface area contributed by atoms with Gasteiger partial charge < -0.3 is 15.5 Å². The standard InChI is InChI=1S/C13H17NO3/c1-9-3-4-10(11(16)7-9)12(17)14-13(8-15)5-2-6-13/h3-4,7,15-16H,2,5-6,8H2,1H3,(H,14,17). The molecule has 1 amide bonds. The molecule has 1 aromatic rings. The molecule has 4 nitrogen and oxygen atoms in total. The van der Waals surface area contributed by atoms with Crippen molar-refractivity contribution in [3.05, 3.63) is 29.3 Å². The largest absolute Gasteiger partial charge is 0.507 e. The van der Waals surface area contributed by atoms with Crippen molar-refractivity contribution in [1.29, 1.82) is 0 Å². The molecular weight excluding hydrogens is 218 g/mol. The number of phenols is 1. The number of aliphatic hydroxyl groups excluding tert-OH is 1. The number of rotatable bonds is 3. The van der Waals surface area contributed by atoms with E-state index in [0.29, 0.717) is 0 Å². The van der Waals surface area contributed by atoms with Crippen molar-refractivity contribution in [3.63, 3.8) is 0 Å². The fraction of sp³-hybridized carbons (Fsp3) is 0.462. The zero-order chi connectivity index (χ0) is 12.5. The molecule has 4 heteroatoms. The minimum atomic E-state index is -0.478. The van der Waals surface area contributed by atoms with Gasteiger partial charge in [0.25, 0.3) is 5.91 Å². The highest BCUT2D eigenvalue weighted by atomic mass is 16.3. The highest BCUT2D eigenvalue weighted by molar-refractivity contribution is 5.97. The Morgan fingerprint density at radius 1 is 1.47 bits per heavy atom. The first kappa shape index (κ1) is 11.9. The Bertz CT molecular complexity index is 433. The number of carbonyl (C=O) groups excluding carboxylic acids is 1. The Morgan fingerprint density at radius 3 is 2.65 bits per heavy atom. The van der Waals surface area contributed by atoms with Gasteiger partial charge in [-0.1, -0.05) is 6.07 Å². The number of aliphatic hydroxyl groups is 1. The summed E-state index contributed by atoms with van der Waals surface area (Å²) >= 11 is 0. The average molecular weight is 235 g/mol. The summed E-state index contributed by atoms with van der Waals surface area (Å²) in [5.74, 6) is -0.342. The van der Waals surface area contributed by atoms with Gasteiger partial charge >= 0.3 is 0 Å². The van der Waals surface area contributed by atoms with Crippen LogP contribution in [0.2, 0.25) is 0 Å². The summed E-state index contributed by atoms with van der Waals surface area (Å²) in [6.45, 7) is 1.80. The van der Waals surface area contributed by atoms with Gasteiger partial charge in [0.05, 0.1) is 17.7 Å². The third kappa shape index (κ3) is 2.26. The quantitative estimate of drug-likeness (QED) is 0.740. The topological polar surface area (TPSA) is 69.6 Å². The van der Waals surface area contributed by atoms with Crippen molar-refractivity contribution in [2.75, 3.05) is 6.61 Å². The van der Waals surface area contributed by atoms with E-state index in [9.17, 15) is 15.0 Å². The van der Waals surface area contributed by atoms with Gasteiger partial charge in [-0.3, -0.25) is 4.79 Å². The molecule has 1 aromatic carbocycles. The summed E-state index contributed by atoms with van der Waals surface area (Å²) in [6.07, 6.45) is 2.60. The lowest BCUT2D eigenvalue weighted by Crippen LogP contribution is -2.56. The van der Waals surface area contributed by atoms with Crippen LogP contribution >= 0.6 is 0 Å². The predicted octanol–water partition coefficient (Wildman–Crippen LogP) is 1.35. The molecule has 0 radical (unpaired) electrons. The van der Waals surface area contributed by atoms with E-state index in [4.69, 9.17) is 0 Å². The maximum Gasteiger partial charge on any atom is 0.255 e. The van der Waals surface area contributed by atoms with Gasteiger partial charge in [-0.15, -0.1) is 0 Å². The van der Waals surface area contributed by atoms with Gasteiger partial charge in [0, 0.05) is 0 Å². The van der Waals surface area contributed by atoms with Crippen molar-refractivity contribution in [1.82, 2.24) is 5.32 Å². The van der Waals surface area contributed by atoms with Crippen LogP contribution in [0.3, 0.4) is 0 Å². The van der Waals surface area contributed by atoms with E-state index in [-0.39, 0.29) is 23.8 Å². The number of hydrogen-bond acceptors (Lipinski definition) is 3. The lowest BCUT2D eigenvalue weighted by Gasteiger charge is -2.40. The smallest absolute Gasteiger partial charge is 0.255 e. The molecule has 1 aliphatic rings. The summed E-state index contributed by atoms with van der Waals surface area (Å²) in [5.41, 5.74) is 0.684. The fourth-order valence-corrected chi connectivity index (χ4v) is 2.07. The number of hydrogen-bond donors (Lipinski definition) is 3. The number of carbonyl (C=O) groups is 1. The summed E-state index contributed by atoms with van der Waals surface area (Å²) in [7, 11) is 0. The van der Waals surface area contributed by atoms with Crippen LogP contribution in [0.4, 0.5) is 0 Å². The van der Waals surface area contributed by atoms with E-state index in [0.717, 1.165) is 24.8 Å². The first-order valence-electron chi connectivity index (χ1n) is 5.79. The molecule has 0 aromatic heterocycles. The highest BCUT2D eigenvalue weighted by Crippen LogP contribution is 2.32. The second-order valence-corrected chi connectivity index (χ2v) is 4.77. The van der Waals surface area contributed by atoms with Crippen LogP contribution in [0.1, 0.15) is 35.2 Å². The van der Waals surface area contributed by atoms with Gasteiger partial charge in [0.15, 0.2) is 0 Å². The van der Waals surface area contributed by atoms with E-state index < -0.39 is 5.54 Å². The van der Waals surface area contributed by atoms with Gasteiger partial charge in [0.1, 0.15) is 5.75 Å². The van der Waals surface area contributed by atoms with E-state index in [1.165, 1.54) is 0 Å². The van der Waals surface area contributed by atoms with E-state index in [2.05, 4.69) is 5.32 Å². The van der Waals surface area contributed by atoms with Crippen LogP contribution in [0.5, 0.6) is 5.75 Å². The third-order valence-corrected chi connectivity index (χ3v) is 3.39. The molecule has 0 aliphatic heterocycles. The molecule has 0 unspecified atom stereocenters. The number of benzene rings is 1. The molecule has 17 heavy (non-hydrogen) atoms. The molecule has 0 atom stereocenters. The van der Waals surface area contributed by atoms with Crippen LogP contribution in [0.15, 0.2) is 18.2 Å². The molecule has 1 saturated carbocycles. The van der Waals surface area contributed by atoms with Gasteiger partial charge in [-0.05, 0) is 43.9 Å². The zero-order valence-corrected chi connectivity index (χ0v) is 9.86. The number of aryl methyl sites for hydroxylation is 1. The van der Waals surface area contributed by atoms with Crippen LogP contribution in [0, 0.1) is 6.92 Å². The summed E-state index contributed by atoms with van der Waals surface area (Å²) in [4.78, 5) is 12.0. The van der Waals surface area contributed by atoms with Crippen molar-refractivity contribution in [3.8, 4) is 5.75 Å². The molecular formula is C13H17NO3. The molecule has 0 bridgehead atoms. The Labute approximate surface area is 100 Å². The predicted molar refractivity (Wildman–Crippen MR) is 64.0 cm³/mol. The lowest BCUT2D eigenvalue weighted by molar-refractivity contribution is 0.0639. The average Bonchev–Trinajstić information content (AvgIpc) is 2.23. The maximum absolute atomic E-state index is 12.0. The Kier molecular flexibility index (Phi) is 3.07. The molecule has 0 spiro atoms. The summed E-state index contributed by atoms with van der Waals surface area (Å²) in [6, 6.07) is 4.94. The molecule has 2 rings (SSSR count). The normalized spacial score (nSPS) is 17.3. The minimum absolute atomic E-state index is 0.0186. The molecule has 1 aliphatic carbocycles. The SMILES string of the molecule is Cc1ccc(C(=O)NC2(CO)CCC2)c(O)c1. The van der Waals surface area contributed by atoms with Crippen molar-refractivity contribution in [2.45, 2.75) is 31.7 Å². The summed E-state index contributed by atoms with van der Waals surface area (Å²) in [5, 5.41) is 21.8. The van der Waals surface area contributed by atoms with Crippen LogP contribution in [-0.4, -0.2) is 28.3 Å². The van der Waals surface area contributed by atoms with Crippen molar-refractivity contribution >= 4 is 5.91 Å². The number of amides is 1. The molecule has 3 N–H and O–H groups in total. The van der Waals surface area contributed by atoms with Gasteiger partial charge in [-0.2, -0.15) is 0 Å². The Morgan fingerprint density at radius 2 is 2.18 bits per heavy atom. The second kappa shape index (κ2) is 4.37. The van der Waals surface area contributed by atoms with E-state index in [1.807, 2.05) is 6.92 Å². The molecule has 1 fully saturated rings. The van der Waals surface area contributed by atoms with Crippen molar-refractivity contribution < 1.29 is 15.0 Å². The minimum Gasteiger partial charge on any atom is -0.507 e. The Hall–Kier alpha value is -1.55. The van der Waals surface area contributed by atoms with Crippen molar-refractivity contribution in [2.24, 2.45) is 0 Å². The van der Waals surface area contributed by atoms with Crippen LogP contribution < -0.4 is 5.32 Å². The highest BCUT2D eigenvalue weighted by Gasteiger charge is 2.38. The molecule has 0 heterocycles. The van der Waals surface area contributed by atoms with Crippen LogP contribution in [0.25, 0.3) is 0 Å². The molecule has 0 saturated heterocycles. The number of nitrogens with one attached hydrogen (secondary N) is 1. The van der Waals surface area contributed by atoms with E-state index >= 15 is 0 Å². The zero-order valence-electron chi connectivity index (χ0n) is 9.86. The third-order valence-electron chi connectivity index (χ3n) is 3.39. The lowest BCUT2D eigenvalue weighted by atomic mass is 9.77. The second-order valence-electron chi connectivity index (χ2n) is 4.77. The van der Waals surface area contributed by atoms with E-state index in [1.54, 1.807) is 18.2 Å².